The molecule has 19 heavy (non-hydrogen) atoms. The zero-order valence-electron chi connectivity index (χ0n) is 10.4. The van der Waals surface area contributed by atoms with Gasteiger partial charge in [0.1, 0.15) is 0 Å². The molecule has 7 nitrogen and oxygen atoms in total. The van der Waals surface area contributed by atoms with E-state index in [-0.39, 0.29) is 30.5 Å². The summed E-state index contributed by atoms with van der Waals surface area (Å²) in [5.41, 5.74) is 0. The van der Waals surface area contributed by atoms with Gasteiger partial charge in [0, 0.05) is 12.6 Å². The summed E-state index contributed by atoms with van der Waals surface area (Å²) >= 11 is 0. The van der Waals surface area contributed by atoms with Gasteiger partial charge in [-0.15, -0.1) is 0 Å². The van der Waals surface area contributed by atoms with Crippen molar-refractivity contribution < 1.29 is 28.2 Å². The van der Waals surface area contributed by atoms with Crippen molar-refractivity contribution in [3.05, 3.63) is 0 Å². The number of hydrogen-bond donors (Lipinski definition) is 2. The van der Waals surface area contributed by atoms with Crippen molar-refractivity contribution in [2.24, 2.45) is 11.8 Å². The van der Waals surface area contributed by atoms with E-state index < -0.39 is 33.6 Å². The number of rotatable bonds is 3. The van der Waals surface area contributed by atoms with Crippen molar-refractivity contribution >= 4 is 21.8 Å². The monoisotopic (exact) mass is 291 g/mol. The maximum atomic E-state index is 11.4. The summed E-state index contributed by atoms with van der Waals surface area (Å²) < 4.78 is 22.9. The Hall–Kier alpha value is -1.15. The average molecular weight is 291 g/mol. The van der Waals surface area contributed by atoms with Crippen molar-refractivity contribution in [3.63, 3.8) is 0 Å². The van der Waals surface area contributed by atoms with Crippen LogP contribution in [-0.4, -0.2) is 66.1 Å². The van der Waals surface area contributed by atoms with Crippen LogP contribution in [0.1, 0.15) is 12.8 Å². The predicted molar refractivity (Wildman–Crippen MR) is 65.5 cm³/mol. The number of carboxylic acids is 2. The summed E-state index contributed by atoms with van der Waals surface area (Å²) in [4.78, 5) is 24.0. The number of hydrogen-bond acceptors (Lipinski definition) is 5. The van der Waals surface area contributed by atoms with Crippen LogP contribution >= 0.6 is 0 Å². The van der Waals surface area contributed by atoms with Crippen LogP contribution in [0.4, 0.5) is 0 Å². The molecule has 2 saturated heterocycles. The van der Waals surface area contributed by atoms with Gasteiger partial charge >= 0.3 is 11.9 Å². The van der Waals surface area contributed by atoms with Gasteiger partial charge in [-0.3, -0.25) is 14.5 Å². The van der Waals surface area contributed by atoms with Crippen LogP contribution in [0.3, 0.4) is 0 Å². The van der Waals surface area contributed by atoms with Crippen molar-refractivity contribution in [1.29, 1.82) is 0 Å². The molecule has 2 aliphatic rings. The molecule has 8 heteroatoms. The molecule has 0 aliphatic carbocycles. The van der Waals surface area contributed by atoms with E-state index in [1.807, 2.05) is 4.90 Å². The molecular formula is C11H17NO6S. The SMILES string of the molecule is O=C(O)C1CCN(C2CCS(=O)(=O)C2)CC1C(=O)O. The molecule has 0 saturated carbocycles. The van der Waals surface area contributed by atoms with Gasteiger partial charge in [-0.25, -0.2) is 8.42 Å². The van der Waals surface area contributed by atoms with E-state index in [0.29, 0.717) is 13.0 Å². The normalized spacial score (nSPS) is 35.1. The Morgan fingerprint density at radius 3 is 2.16 bits per heavy atom. The Labute approximate surface area is 111 Å². The number of nitrogens with zero attached hydrogens (tertiary/aromatic N) is 1. The third-order valence-electron chi connectivity index (χ3n) is 4.00. The first-order valence-corrected chi connectivity index (χ1v) is 8.02. The molecule has 2 heterocycles. The highest BCUT2D eigenvalue weighted by molar-refractivity contribution is 7.91. The molecule has 108 valence electrons. The molecular weight excluding hydrogens is 274 g/mol. The smallest absolute Gasteiger partial charge is 0.308 e. The molecule has 2 rings (SSSR count). The highest BCUT2D eigenvalue weighted by Gasteiger charge is 2.42. The molecule has 3 unspecified atom stereocenters. The zero-order valence-corrected chi connectivity index (χ0v) is 11.2. The summed E-state index contributed by atoms with van der Waals surface area (Å²) in [6.45, 7) is 0.563. The summed E-state index contributed by atoms with van der Waals surface area (Å²) in [6, 6.07) is -0.165. The Morgan fingerprint density at radius 1 is 1.05 bits per heavy atom. The molecule has 0 aromatic heterocycles. The summed E-state index contributed by atoms with van der Waals surface area (Å²) in [5, 5.41) is 18.1. The van der Waals surface area contributed by atoms with E-state index in [2.05, 4.69) is 0 Å². The molecule has 2 fully saturated rings. The van der Waals surface area contributed by atoms with Crippen LogP contribution in [0.15, 0.2) is 0 Å². The fraction of sp³-hybridized carbons (Fsp3) is 0.818. The van der Waals surface area contributed by atoms with E-state index in [4.69, 9.17) is 10.2 Å². The van der Waals surface area contributed by atoms with Crippen LogP contribution in [0.2, 0.25) is 0 Å². The van der Waals surface area contributed by atoms with Crippen LogP contribution in [-0.2, 0) is 19.4 Å². The van der Waals surface area contributed by atoms with Gasteiger partial charge < -0.3 is 10.2 Å². The summed E-state index contributed by atoms with van der Waals surface area (Å²) in [6.07, 6.45) is 0.759. The van der Waals surface area contributed by atoms with Gasteiger partial charge in [-0.1, -0.05) is 0 Å². The van der Waals surface area contributed by atoms with Gasteiger partial charge in [0.15, 0.2) is 9.84 Å². The lowest BCUT2D eigenvalue weighted by Crippen LogP contribution is -2.50. The van der Waals surface area contributed by atoms with Crippen LogP contribution in [0, 0.1) is 11.8 Å². The van der Waals surface area contributed by atoms with Gasteiger partial charge in [0.25, 0.3) is 0 Å². The average Bonchev–Trinajstić information content (AvgIpc) is 2.68. The van der Waals surface area contributed by atoms with E-state index in [0.717, 1.165) is 0 Å². The summed E-state index contributed by atoms with van der Waals surface area (Å²) in [7, 11) is -3.02. The summed E-state index contributed by atoms with van der Waals surface area (Å²) in [5.74, 6) is -3.88. The molecule has 0 spiro atoms. The lowest BCUT2D eigenvalue weighted by molar-refractivity contribution is -0.157. The number of likely N-dealkylation sites (tertiary alicyclic amines) is 1. The first-order chi connectivity index (χ1) is 8.80. The zero-order chi connectivity index (χ0) is 14.2. The number of sulfone groups is 1. The van der Waals surface area contributed by atoms with Gasteiger partial charge in [0.2, 0.25) is 0 Å². The Bertz CT molecular complexity index is 487. The number of carbonyl (C=O) groups is 2. The van der Waals surface area contributed by atoms with Crippen molar-refractivity contribution in [2.75, 3.05) is 24.6 Å². The molecule has 2 aliphatic heterocycles. The van der Waals surface area contributed by atoms with E-state index in [9.17, 15) is 18.0 Å². The molecule has 2 N–H and O–H groups in total. The quantitative estimate of drug-likeness (QED) is 0.705. The largest absolute Gasteiger partial charge is 0.481 e. The van der Waals surface area contributed by atoms with Crippen molar-refractivity contribution in [1.82, 2.24) is 4.90 Å². The Balaban J connectivity index is 2.07. The Morgan fingerprint density at radius 2 is 1.68 bits per heavy atom. The molecule has 0 aromatic rings. The Kier molecular flexibility index (Phi) is 3.82. The minimum Gasteiger partial charge on any atom is -0.481 e. The van der Waals surface area contributed by atoms with Gasteiger partial charge in [-0.2, -0.15) is 0 Å². The second-order valence-electron chi connectivity index (χ2n) is 5.23. The predicted octanol–water partition coefficient (Wildman–Crippen LogP) is -0.719. The van der Waals surface area contributed by atoms with Crippen molar-refractivity contribution in [3.8, 4) is 0 Å². The number of aliphatic carboxylic acids is 2. The minimum atomic E-state index is -3.02. The topological polar surface area (TPSA) is 112 Å². The highest BCUT2D eigenvalue weighted by Crippen LogP contribution is 2.28. The van der Waals surface area contributed by atoms with Crippen LogP contribution in [0.25, 0.3) is 0 Å². The standard InChI is InChI=1S/C11H17NO6S/c13-10(14)8-1-3-12(5-9(8)11(15)16)7-2-4-19(17,18)6-7/h7-9H,1-6H2,(H,13,14)(H,15,16). The first-order valence-electron chi connectivity index (χ1n) is 6.20. The first kappa shape index (κ1) is 14.3. The van der Waals surface area contributed by atoms with E-state index >= 15 is 0 Å². The van der Waals surface area contributed by atoms with E-state index in [1.165, 1.54) is 0 Å². The van der Waals surface area contributed by atoms with Crippen LogP contribution < -0.4 is 0 Å². The number of piperidine rings is 1. The lowest BCUT2D eigenvalue weighted by Gasteiger charge is -2.37. The lowest BCUT2D eigenvalue weighted by atomic mass is 9.85. The molecule has 3 atom stereocenters. The fourth-order valence-corrected chi connectivity index (χ4v) is 4.68. The third kappa shape index (κ3) is 3.06. The molecule has 0 bridgehead atoms. The second kappa shape index (κ2) is 5.09. The van der Waals surface area contributed by atoms with Gasteiger partial charge in [-0.05, 0) is 19.4 Å². The second-order valence-corrected chi connectivity index (χ2v) is 7.46. The maximum absolute atomic E-state index is 11.4. The molecule has 0 amide bonds. The third-order valence-corrected chi connectivity index (χ3v) is 5.75. The van der Waals surface area contributed by atoms with Crippen LogP contribution in [0.5, 0.6) is 0 Å². The molecule has 0 radical (unpaired) electrons. The molecule has 0 aromatic carbocycles. The fourth-order valence-electron chi connectivity index (χ4n) is 2.92. The van der Waals surface area contributed by atoms with Gasteiger partial charge in [0.05, 0.1) is 23.3 Å². The maximum Gasteiger partial charge on any atom is 0.308 e. The minimum absolute atomic E-state index is 0.0527. The van der Waals surface area contributed by atoms with E-state index in [1.54, 1.807) is 0 Å². The number of carboxylic acid groups (broad SMARTS) is 2. The highest BCUT2D eigenvalue weighted by atomic mass is 32.2. The van der Waals surface area contributed by atoms with Crippen molar-refractivity contribution in [2.45, 2.75) is 18.9 Å².